The van der Waals surface area contributed by atoms with Crippen LogP contribution < -0.4 is 16.0 Å². The summed E-state index contributed by atoms with van der Waals surface area (Å²) < 4.78 is 0. The molecule has 24 heavy (non-hydrogen) atoms. The first-order valence-corrected chi connectivity index (χ1v) is 7.92. The van der Waals surface area contributed by atoms with Crippen molar-refractivity contribution in [2.75, 3.05) is 24.3 Å². The Morgan fingerprint density at radius 2 is 1.92 bits per heavy atom. The maximum absolute atomic E-state index is 6.00. The van der Waals surface area contributed by atoms with Gasteiger partial charge < -0.3 is 16.0 Å². The van der Waals surface area contributed by atoms with E-state index in [4.69, 9.17) is 5.73 Å². The molecule has 0 amide bonds. The lowest BCUT2D eigenvalue weighted by Crippen LogP contribution is -2.22. The summed E-state index contributed by atoms with van der Waals surface area (Å²) in [6.45, 7) is 4.81. The Balaban J connectivity index is 0.00000288. The number of aryl methyl sites for hydroxylation is 2. The number of benzene rings is 2. The summed E-state index contributed by atoms with van der Waals surface area (Å²) in [6, 6.07) is 14.6. The van der Waals surface area contributed by atoms with Gasteiger partial charge in [0.15, 0.2) is 5.96 Å². The minimum absolute atomic E-state index is 0. The van der Waals surface area contributed by atoms with Crippen molar-refractivity contribution in [3.05, 3.63) is 59.2 Å². The molecule has 0 fully saturated rings. The van der Waals surface area contributed by atoms with E-state index in [0.29, 0.717) is 12.5 Å². The third-order valence-electron chi connectivity index (χ3n) is 3.87. The highest BCUT2D eigenvalue weighted by atomic mass is 127. The third kappa shape index (κ3) is 5.70. The van der Waals surface area contributed by atoms with E-state index in [0.717, 1.165) is 12.1 Å². The second-order valence-corrected chi connectivity index (χ2v) is 5.89. The van der Waals surface area contributed by atoms with Gasteiger partial charge in [-0.15, -0.1) is 24.0 Å². The molecule has 0 aromatic heterocycles. The molecule has 0 aliphatic heterocycles. The summed E-state index contributed by atoms with van der Waals surface area (Å²) in [7, 11) is 4.08. The van der Waals surface area contributed by atoms with Crippen molar-refractivity contribution >= 4 is 41.3 Å². The Kier molecular flexibility index (Phi) is 8.04. The first-order chi connectivity index (χ1) is 11.0. The van der Waals surface area contributed by atoms with Crippen molar-refractivity contribution in [2.45, 2.75) is 26.8 Å². The van der Waals surface area contributed by atoms with Gasteiger partial charge in [-0.3, -0.25) is 0 Å². The molecule has 2 aromatic rings. The van der Waals surface area contributed by atoms with Crippen molar-refractivity contribution in [3.63, 3.8) is 0 Å². The number of aliphatic imine (C=N–C) groups is 1. The maximum atomic E-state index is 6.00. The number of guanidine groups is 1. The number of nitrogens with zero attached hydrogens (tertiary/aromatic N) is 2. The van der Waals surface area contributed by atoms with Gasteiger partial charge in [-0.25, -0.2) is 4.99 Å². The predicted octanol–water partition coefficient (Wildman–Crippen LogP) is 4.17. The molecule has 5 heteroatoms. The van der Waals surface area contributed by atoms with Crippen molar-refractivity contribution in [1.82, 2.24) is 0 Å². The fourth-order valence-electron chi connectivity index (χ4n) is 2.36. The van der Waals surface area contributed by atoms with Crippen LogP contribution in [-0.4, -0.2) is 20.1 Å². The van der Waals surface area contributed by atoms with Gasteiger partial charge in [-0.2, -0.15) is 0 Å². The number of nitrogens with one attached hydrogen (secondary N) is 1. The highest BCUT2D eigenvalue weighted by molar-refractivity contribution is 14.0. The second kappa shape index (κ2) is 9.52. The zero-order chi connectivity index (χ0) is 16.8. The first-order valence-electron chi connectivity index (χ1n) is 7.92. The van der Waals surface area contributed by atoms with Gasteiger partial charge in [0.25, 0.3) is 0 Å². The molecule has 130 valence electrons. The average Bonchev–Trinajstić information content (AvgIpc) is 2.53. The van der Waals surface area contributed by atoms with E-state index >= 15 is 0 Å². The standard InChI is InChI=1S/C19H26N4.HI/c1-5-15-7-6-8-17(12-15)22-19(20)21-13-16-9-10-18(23(3)4)11-14(16)2;/h6-12H,5,13H2,1-4H3,(H3,20,21,22);1H. The molecule has 0 aliphatic carbocycles. The van der Waals surface area contributed by atoms with Crippen LogP contribution >= 0.6 is 24.0 Å². The summed E-state index contributed by atoms with van der Waals surface area (Å²) in [5.41, 5.74) is 11.9. The van der Waals surface area contributed by atoms with E-state index in [1.807, 2.05) is 26.2 Å². The van der Waals surface area contributed by atoms with E-state index in [1.54, 1.807) is 0 Å². The fraction of sp³-hybridized carbons (Fsp3) is 0.316. The molecular formula is C19H27IN4. The van der Waals surface area contributed by atoms with Gasteiger partial charge >= 0.3 is 0 Å². The molecule has 4 nitrogen and oxygen atoms in total. The molecule has 0 aliphatic rings. The summed E-state index contributed by atoms with van der Waals surface area (Å²) in [5.74, 6) is 0.439. The molecule has 2 aromatic carbocycles. The second-order valence-electron chi connectivity index (χ2n) is 5.89. The molecule has 2 rings (SSSR count). The molecular weight excluding hydrogens is 411 g/mol. The van der Waals surface area contributed by atoms with Crippen LogP contribution in [-0.2, 0) is 13.0 Å². The summed E-state index contributed by atoms with van der Waals surface area (Å²) in [5, 5.41) is 3.16. The molecule has 0 saturated carbocycles. The quantitative estimate of drug-likeness (QED) is 0.419. The highest BCUT2D eigenvalue weighted by Crippen LogP contribution is 2.18. The summed E-state index contributed by atoms with van der Waals surface area (Å²) in [4.78, 5) is 6.54. The molecule has 0 spiro atoms. The molecule has 0 bridgehead atoms. The normalized spacial score (nSPS) is 10.9. The van der Waals surface area contributed by atoms with Crippen LogP contribution in [0.4, 0.5) is 11.4 Å². The maximum Gasteiger partial charge on any atom is 0.193 e. The van der Waals surface area contributed by atoms with Crippen LogP contribution in [0.1, 0.15) is 23.6 Å². The van der Waals surface area contributed by atoms with Crippen LogP contribution in [0.25, 0.3) is 0 Å². The largest absolute Gasteiger partial charge is 0.378 e. The van der Waals surface area contributed by atoms with E-state index in [1.165, 1.54) is 22.4 Å². The van der Waals surface area contributed by atoms with Gasteiger partial charge in [0.05, 0.1) is 6.54 Å². The zero-order valence-electron chi connectivity index (χ0n) is 14.8. The zero-order valence-corrected chi connectivity index (χ0v) is 17.2. The first kappa shape index (κ1) is 20.3. The SMILES string of the molecule is CCc1cccc(NC(N)=NCc2ccc(N(C)C)cc2C)c1.I. The molecule has 0 atom stereocenters. The predicted molar refractivity (Wildman–Crippen MR) is 116 cm³/mol. The van der Waals surface area contributed by atoms with Gasteiger partial charge in [-0.05, 0) is 54.3 Å². The van der Waals surface area contributed by atoms with Crippen molar-refractivity contribution in [2.24, 2.45) is 10.7 Å². The molecule has 0 unspecified atom stereocenters. The summed E-state index contributed by atoms with van der Waals surface area (Å²) >= 11 is 0. The van der Waals surface area contributed by atoms with Crippen molar-refractivity contribution < 1.29 is 0 Å². The highest BCUT2D eigenvalue weighted by Gasteiger charge is 2.02. The van der Waals surface area contributed by atoms with Gasteiger partial charge in [0.1, 0.15) is 0 Å². The Bertz CT molecular complexity index is 696. The molecule has 0 saturated heterocycles. The number of nitrogens with two attached hydrogens (primary N) is 1. The van der Waals surface area contributed by atoms with Crippen molar-refractivity contribution in [1.29, 1.82) is 0 Å². The van der Waals surface area contributed by atoms with Gasteiger partial charge in [0, 0.05) is 25.5 Å². The number of hydrogen-bond donors (Lipinski definition) is 2. The Hall–Kier alpha value is -1.76. The minimum atomic E-state index is 0. The van der Waals surface area contributed by atoms with Crippen LogP contribution in [0, 0.1) is 6.92 Å². The Morgan fingerprint density at radius 3 is 2.54 bits per heavy atom. The van der Waals surface area contributed by atoms with E-state index in [-0.39, 0.29) is 24.0 Å². The lowest BCUT2D eigenvalue weighted by molar-refractivity contribution is 1.03. The van der Waals surface area contributed by atoms with Gasteiger partial charge in [-0.1, -0.05) is 25.1 Å². The minimum Gasteiger partial charge on any atom is -0.378 e. The topological polar surface area (TPSA) is 53.6 Å². The third-order valence-corrected chi connectivity index (χ3v) is 3.87. The Morgan fingerprint density at radius 1 is 1.17 bits per heavy atom. The number of hydrogen-bond acceptors (Lipinski definition) is 2. The lowest BCUT2D eigenvalue weighted by Gasteiger charge is -2.14. The number of halogens is 1. The van der Waals surface area contributed by atoms with Crippen LogP contribution in [0.5, 0.6) is 0 Å². The van der Waals surface area contributed by atoms with Crippen molar-refractivity contribution in [3.8, 4) is 0 Å². The van der Waals surface area contributed by atoms with E-state index in [9.17, 15) is 0 Å². The van der Waals surface area contributed by atoms with Crippen LogP contribution in [0.2, 0.25) is 0 Å². The Labute approximate surface area is 162 Å². The number of rotatable bonds is 5. The van der Waals surface area contributed by atoms with E-state index in [2.05, 4.69) is 59.4 Å². The van der Waals surface area contributed by atoms with E-state index < -0.39 is 0 Å². The smallest absolute Gasteiger partial charge is 0.193 e. The molecule has 0 radical (unpaired) electrons. The average molecular weight is 438 g/mol. The fourth-order valence-corrected chi connectivity index (χ4v) is 2.36. The number of anilines is 2. The van der Waals surface area contributed by atoms with Gasteiger partial charge in [0.2, 0.25) is 0 Å². The van der Waals surface area contributed by atoms with Crippen LogP contribution in [0.15, 0.2) is 47.5 Å². The van der Waals surface area contributed by atoms with Crippen LogP contribution in [0.3, 0.4) is 0 Å². The lowest BCUT2D eigenvalue weighted by atomic mass is 10.1. The molecule has 3 N–H and O–H groups in total. The monoisotopic (exact) mass is 438 g/mol. The molecule has 0 heterocycles. The summed E-state index contributed by atoms with van der Waals surface area (Å²) in [6.07, 6.45) is 1.00.